The van der Waals surface area contributed by atoms with Crippen LogP contribution >= 0.6 is 11.8 Å². The van der Waals surface area contributed by atoms with Crippen molar-refractivity contribution in [3.63, 3.8) is 0 Å². The van der Waals surface area contributed by atoms with Gasteiger partial charge in [0, 0.05) is 25.2 Å². The molecular formula is C20H28N4OS. The number of aryl methyl sites for hydroxylation is 1. The van der Waals surface area contributed by atoms with E-state index in [9.17, 15) is 4.79 Å². The third-order valence-electron chi connectivity index (χ3n) is 5.26. The Morgan fingerprint density at radius 1 is 1.23 bits per heavy atom. The highest BCUT2D eigenvalue weighted by Crippen LogP contribution is 2.27. The molecule has 1 aliphatic carbocycles. The minimum Gasteiger partial charge on any atom is -0.342 e. The molecule has 0 unspecified atom stereocenters. The second-order valence-corrected chi connectivity index (χ2v) is 7.89. The Labute approximate surface area is 160 Å². The second kappa shape index (κ2) is 8.71. The van der Waals surface area contributed by atoms with Crippen molar-refractivity contribution in [2.45, 2.75) is 63.7 Å². The third-order valence-corrected chi connectivity index (χ3v) is 6.21. The maximum absolute atomic E-state index is 12.6. The van der Waals surface area contributed by atoms with Gasteiger partial charge in [0.15, 0.2) is 11.0 Å². The number of amides is 1. The number of nitrogens with zero attached hydrogens (tertiary/aromatic N) is 4. The largest absolute Gasteiger partial charge is 0.342 e. The van der Waals surface area contributed by atoms with E-state index in [-0.39, 0.29) is 5.91 Å². The van der Waals surface area contributed by atoms with E-state index < -0.39 is 0 Å². The minimum absolute atomic E-state index is 0.185. The van der Waals surface area contributed by atoms with Gasteiger partial charge in [0.25, 0.3) is 0 Å². The molecule has 26 heavy (non-hydrogen) atoms. The summed E-state index contributed by atoms with van der Waals surface area (Å²) in [6.07, 6.45) is 6.04. The Kier molecular flexibility index (Phi) is 6.35. The summed E-state index contributed by atoms with van der Waals surface area (Å²) in [4.78, 5) is 14.5. The van der Waals surface area contributed by atoms with E-state index in [1.807, 2.05) is 24.1 Å². The van der Waals surface area contributed by atoms with E-state index >= 15 is 0 Å². The van der Waals surface area contributed by atoms with E-state index in [4.69, 9.17) is 0 Å². The standard InChI is InChI=1S/C20H28N4OS/c1-4-24-19(17-13-9-8-10-15(17)2)21-22-20(24)26-14-18(25)23(3)16-11-6-5-7-12-16/h8-10,13,16H,4-7,11-12,14H2,1-3H3. The van der Waals surface area contributed by atoms with Crippen molar-refractivity contribution in [3.05, 3.63) is 29.8 Å². The highest BCUT2D eigenvalue weighted by atomic mass is 32.2. The summed E-state index contributed by atoms with van der Waals surface area (Å²) in [7, 11) is 1.95. The van der Waals surface area contributed by atoms with E-state index in [1.165, 1.54) is 36.6 Å². The molecule has 140 valence electrons. The lowest BCUT2D eigenvalue weighted by Crippen LogP contribution is -2.39. The molecule has 6 heteroatoms. The molecule has 0 saturated heterocycles. The fraction of sp³-hybridized carbons (Fsp3) is 0.550. The van der Waals surface area contributed by atoms with E-state index in [0.29, 0.717) is 11.8 Å². The van der Waals surface area contributed by atoms with Crippen LogP contribution in [0.15, 0.2) is 29.4 Å². The number of aromatic nitrogens is 3. The first-order chi connectivity index (χ1) is 12.6. The number of hydrogen-bond donors (Lipinski definition) is 0. The number of carbonyl (C=O) groups excluding carboxylic acids is 1. The monoisotopic (exact) mass is 372 g/mol. The Balaban J connectivity index is 1.68. The van der Waals surface area contributed by atoms with Crippen molar-refractivity contribution in [2.24, 2.45) is 0 Å². The first kappa shape index (κ1) is 19.0. The molecule has 2 aromatic rings. The Bertz CT molecular complexity index is 752. The number of thioether (sulfide) groups is 1. The molecule has 0 atom stereocenters. The molecule has 1 fully saturated rings. The molecule has 1 aliphatic rings. The molecule has 1 aromatic carbocycles. The normalized spacial score (nSPS) is 15.2. The van der Waals surface area contributed by atoms with Crippen LogP contribution < -0.4 is 0 Å². The molecule has 1 heterocycles. The van der Waals surface area contributed by atoms with Crippen LogP contribution in [-0.2, 0) is 11.3 Å². The first-order valence-electron chi connectivity index (χ1n) is 9.49. The van der Waals surface area contributed by atoms with E-state index in [2.05, 4.69) is 40.7 Å². The van der Waals surface area contributed by atoms with Gasteiger partial charge in [0.2, 0.25) is 5.91 Å². The lowest BCUT2D eigenvalue weighted by molar-refractivity contribution is -0.129. The molecule has 0 spiro atoms. The zero-order valence-corrected chi connectivity index (χ0v) is 16.8. The highest BCUT2D eigenvalue weighted by Gasteiger charge is 2.23. The van der Waals surface area contributed by atoms with E-state index in [0.717, 1.165) is 35.9 Å². The van der Waals surface area contributed by atoms with Crippen LogP contribution in [0, 0.1) is 6.92 Å². The highest BCUT2D eigenvalue weighted by molar-refractivity contribution is 7.99. The van der Waals surface area contributed by atoms with Crippen LogP contribution in [0.2, 0.25) is 0 Å². The van der Waals surface area contributed by atoms with Gasteiger partial charge in [-0.05, 0) is 32.3 Å². The molecule has 5 nitrogen and oxygen atoms in total. The zero-order chi connectivity index (χ0) is 18.5. The summed E-state index contributed by atoms with van der Waals surface area (Å²) >= 11 is 1.49. The molecule has 0 bridgehead atoms. The molecule has 3 rings (SSSR count). The van der Waals surface area contributed by atoms with Gasteiger partial charge in [0.1, 0.15) is 0 Å². The maximum Gasteiger partial charge on any atom is 0.233 e. The minimum atomic E-state index is 0.185. The number of benzene rings is 1. The predicted molar refractivity (Wildman–Crippen MR) is 106 cm³/mol. The Morgan fingerprint density at radius 2 is 1.96 bits per heavy atom. The average molecular weight is 373 g/mol. The van der Waals surface area contributed by atoms with Crippen LogP contribution in [0.1, 0.15) is 44.6 Å². The van der Waals surface area contributed by atoms with Gasteiger partial charge in [0.05, 0.1) is 5.75 Å². The number of rotatable bonds is 6. The summed E-state index contributed by atoms with van der Waals surface area (Å²) in [6.45, 7) is 4.95. The number of hydrogen-bond acceptors (Lipinski definition) is 4. The fourth-order valence-electron chi connectivity index (χ4n) is 3.60. The van der Waals surface area contributed by atoms with Crippen LogP contribution in [0.25, 0.3) is 11.4 Å². The zero-order valence-electron chi connectivity index (χ0n) is 15.9. The van der Waals surface area contributed by atoms with Crippen molar-refractivity contribution in [1.82, 2.24) is 19.7 Å². The molecular weight excluding hydrogens is 344 g/mol. The van der Waals surface area contributed by atoms with Crippen LogP contribution in [-0.4, -0.2) is 44.4 Å². The van der Waals surface area contributed by atoms with Crippen molar-refractivity contribution in [2.75, 3.05) is 12.8 Å². The quantitative estimate of drug-likeness (QED) is 0.715. The lowest BCUT2D eigenvalue weighted by Gasteiger charge is -2.31. The van der Waals surface area contributed by atoms with Crippen LogP contribution in [0.4, 0.5) is 0 Å². The predicted octanol–water partition coefficient (Wildman–Crippen LogP) is 4.16. The first-order valence-corrected chi connectivity index (χ1v) is 10.5. The average Bonchev–Trinajstić information content (AvgIpc) is 3.09. The van der Waals surface area contributed by atoms with E-state index in [1.54, 1.807) is 0 Å². The van der Waals surface area contributed by atoms with Crippen molar-refractivity contribution >= 4 is 17.7 Å². The Hall–Kier alpha value is -1.82. The second-order valence-electron chi connectivity index (χ2n) is 6.95. The summed E-state index contributed by atoms with van der Waals surface area (Å²) < 4.78 is 2.10. The molecule has 0 aliphatic heterocycles. The molecule has 1 saturated carbocycles. The van der Waals surface area contributed by atoms with Gasteiger partial charge < -0.3 is 9.47 Å². The SMILES string of the molecule is CCn1c(SCC(=O)N(C)C2CCCCC2)nnc1-c1ccccc1C. The van der Waals surface area contributed by atoms with Gasteiger partial charge >= 0.3 is 0 Å². The molecule has 0 radical (unpaired) electrons. The summed E-state index contributed by atoms with van der Waals surface area (Å²) in [5.41, 5.74) is 2.28. The van der Waals surface area contributed by atoms with Gasteiger partial charge in [-0.25, -0.2) is 0 Å². The number of carbonyl (C=O) groups is 1. The van der Waals surface area contributed by atoms with Gasteiger partial charge in [-0.3, -0.25) is 4.79 Å². The summed E-state index contributed by atoms with van der Waals surface area (Å²) in [5.74, 6) is 1.48. The maximum atomic E-state index is 12.6. The van der Waals surface area contributed by atoms with Crippen molar-refractivity contribution in [1.29, 1.82) is 0 Å². The fourth-order valence-corrected chi connectivity index (χ4v) is 4.53. The molecule has 1 aromatic heterocycles. The van der Waals surface area contributed by atoms with Gasteiger partial charge in [-0.2, -0.15) is 0 Å². The van der Waals surface area contributed by atoms with Gasteiger partial charge in [-0.15, -0.1) is 10.2 Å². The smallest absolute Gasteiger partial charge is 0.233 e. The van der Waals surface area contributed by atoms with Crippen molar-refractivity contribution < 1.29 is 4.79 Å². The Morgan fingerprint density at radius 3 is 2.65 bits per heavy atom. The van der Waals surface area contributed by atoms with Crippen LogP contribution in [0.5, 0.6) is 0 Å². The third kappa shape index (κ3) is 4.11. The topological polar surface area (TPSA) is 51.0 Å². The van der Waals surface area contributed by atoms with Crippen LogP contribution in [0.3, 0.4) is 0 Å². The van der Waals surface area contributed by atoms with Gasteiger partial charge in [-0.1, -0.05) is 55.3 Å². The summed E-state index contributed by atoms with van der Waals surface area (Å²) in [6, 6.07) is 8.61. The molecule has 1 amide bonds. The summed E-state index contributed by atoms with van der Waals surface area (Å²) in [5, 5.41) is 9.57. The molecule has 0 N–H and O–H groups in total. The lowest BCUT2D eigenvalue weighted by atomic mass is 9.94. The van der Waals surface area contributed by atoms with Crippen molar-refractivity contribution in [3.8, 4) is 11.4 Å².